The Morgan fingerprint density at radius 1 is 1.14 bits per heavy atom. The van der Waals surface area contributed by atoms with Gasteiger partial charge in [-0.25, -0.2) is 0 Å². The van der Waals surface area contributed by atoms with E-state index in [-0.39, 0.29) is 5.56 Å². The first-order valence-electron chi connectivity index (χ1n) is 4.22. The minimum absolute atomic E-state index is 0.265. The van der Waals surface area contributed by atoms with E-state index >= 15 is 0 Å². The van der Waals surface area contributed by atoms with E-state index in [9.17, 15) is 13.2 Å². The number of benzene rings is 1. The van der Waals surface area contributed by atoms with Crippen molar-refractivity contribution in [2.75, 3.05) is 5.73 Å². The summed E-state index contributed by atoms with van der Waals surface area (Å²) >= 11 is 0. The molecule has 0 saturated heterocycles. The molecule has 0 heterocycles. The van der Waals surface area contributed by atoms with E-state index in [1.807, 2.05) is 0 Å². The van der Waals surface area contributed by atoms with Crippen LogP contribution in [0.3, 0.4) is 0 Å². The van der Waals surface area contributed by atoms with Crippen LogP contribution in [0, 0.1) is 13.8 Å². The molecule has 0 amide bonds. The van der Waals surface area contributed by atoms with E-state index in [4.69, 9.17) is 5.73 Å². The minimum atomic E-state index is -4.16. The van der Waals surface area contributed by atoms with E-state index in [1.165, 1.54) is 12.1 Å². The highest BCUT2D eigenvalue weighted by Crippen LogP contribution is 2.25. The van der Waals surface area contributed by atoms with E-state index < -0.39 is 12.6 Å². The van der Waals surface area contributed by atoms with Crippen molar-refractivity contribution in [1.29, 1.82) is 0 Å². The molecule has 1 aromatic rings. The SMILES string of the molecule is Cc1cc(CC(F)(F)F)cc(C)c1N. The topological polar surface area (TPSA) is 26.0 Å². The maximum atomic E-state index is 12.1. The van der Waals surface area contributed by atoms with Gasteiger partial charge >= 0.3 is 6.18 Å². The van der Waals surface area contributed by atoms with Crippen molar-refractivity contribution in [1.82, 2.24) is 0 Å². The molecule has 1 aromatic carbocycles. The van der Waals surface area contributed by atoms with Crippen LogP contribution in [0.25, 0.3) is 0 Å². The van der Waals surface area contributed by atoms with Crippen LogP contribution >= 0.6 is 0 Å². The van der Waals surface area contributed by atoms with Gasteiger partial charge in [0.15, 0.2) is 0 Å². The summed E-state index contributed by atoms with van der Waals surface area (Å²) in [7, 11) is 0. The van der Waals surface area contributed by atoms with Gasteiger partial charge in [0.1, 0.15) is 0 Å². The fraction of sp³-hybridized carbons (Fsp3) is 0.400. The lowest BCUT2D eigenvalue weighted by Gasteiger charge is -2.10. The van der Waals surface area contributed by atoms with Gasteiger partial charge in [-0.3, -0.25) is 0 Å². The summed E-state index contributed by atoms with van der Waals surface area (Å²) in [5.41, 5.74) is 7.86. The smallest absolute Gasteiger partial charge is 0.393 e. The van der Waals surface area contributed by atoms with Crippen LogP contribution in [0.15, 0.2) is 12.1 Å². The molecule has 2 N–H and O–H groups in total. The lowest BCUT2D eigenvalue weighted by atomic mass is 10.0. The molecule has 1 nitrogen and oxygen atoms in total. The number of alkyl halides is 3. The van der Waals surface area contributed by atoms with Crippen molar-refractivity contribution in [3.8, 4) is 0 Å². The summed E-state index contributed by atoms with van der Waals surface area (Å²) in [5, 5.41) is 0. The number of rotatable bonds is 1. The van der Waals surface area contributed by atoms with Gasteiger partial charge in [-0.05, 0) is 30.5 Å². The fourth-order valence-corrected chi connectivity index (χ4v) is 1.40. The summed E-state index contributed by atoms with van der Waals surface area (Å²) in [6.45, 7) is 3.42. The molecular weight excluding hydrogens is 191 g/mol. The van der Waals surface area contributed by atoms with Crippen molar-refractivity contribution in [2.45, 2.75) is 26.4 Å². The van der Waals surface area contributed by atoms with E-state index in [0.29, 0.717) is 16.8 Å². The van der Waals surface area contributed by atoms with Crippen molar-refractivity contribution < 1.29 is 13.2 Å². The molecule has 0 aliphatic rings. The zero-order valence-corrected chi connectivity index (χ0v) is 8.07. The fourth-order valence-electron chi connectivity index (χ4n) is 1.40. The predicted octanol–water partition coefficient (Wildman–Crippen LogP) is 2.99. The normalized spacial score (nSPS) is 11.8. The lowest BCUT2D eigenvalue weighted by Crippen LogP contribution is -2.12. The lowest BCUT2D eigenvalue weighted by molar-refractivity contribution is -0.127. The largest absolute Gasteiger partial charge is 0.398 e. The van der Waals surface area contributed by atoms with Crippen LogP contribution in [0.5, 0.6) is 0 Å². The molecule has 14 heavy (non-hydrogen) atoms. The van der Waals surface area contributed by atoms with Gasteiger partial charge in [0.25, 0.3) is 0 Å². The highest BCUT2D eigenvalue weighted by atomic mass is 19.4. The Kier molecular flexibility index (Phi) is 2.73. The minimum Gasteiger partial charge on any atom is -0.398 e. The number of hydrogen-bond donors (Lipinski definition) is 1. The maximum absolute atomic E-state index is 12.1. The van der Waals surface area contributed by atoms with Crippen LogP contribution < -0.4 is 5.73 Å². The van der Waals surface area contributed by atoms with E-state index in [0.717, 1.165) is 0 Å². The molecular formula is C10H12F3N. The van der Waals surface area contributed by atoms with Crippen LogP contribution in [-0.2, 0) is 6.42 Å². The third-order valence-electron chi connectivity index (χ3n) is 2.06. The zero-order valence-electron chi connectivity index (χ0n) is 8.07. The summed E-state index contributed by atoms with van der Waals surface area (Å²) in [6.07, 6.45) is -5.05. The molecule has 0 spiro atoms. The number of hydrogen-bond acceptors (Lipinski definition) is 1. The molecule has 4 heteroatoms. The molecule has 0 aromatic heterocycles. The second-order valence-corrected chi connectivity index (χ2v) is 3.44. The third kappa shape index (κ3) is 2.65. The number of halogens is 3. The predicted molar refractivity (Wildman–Crippen MR) is 50.1 cm³/mol. The number of nitrogen functional groups attached to an aromatic ring is 1. The molecule has 0 aliphatic carbocycles. The van der Waals surface area contributed by atoms with Gasteiger partial charge in [-0.15, -0.1) is 0 Å². The maximum Gasteiger partial charge on any atom is 0.393 e. The summed E-state index contributed by atoms with van der Waals surface area (Å²) in [6, 6.07) is 2.96. The van der Waals surface area contributed by atoms with Gasteiger partial charge in [0, 0.05) is 5.69 Å². The standard InChI is InChI=1S/C10H12F3N/c1-6-3-8(5-10(11,12)13)4-7(2)9(6)14/h3-4H,5,14H2,1-2H3. The van der Waals surface area contributed by atoms with Crippen LogP contribution in [0.4, 0.5) is 18.9 Å². The highest BCUT2D eigenvalue weighted by molar-refractivity contribution is 5.54. The van der Waals surface area contributed by atoms with Gasteiger partial charge in [0.05, 0.1) is 6.42 Å². The monoisotopic (exact) mass is 203 g/mol. The molecule has 0 fully saturated rings. The number of aryl methyl sites for hydroxylation is 2. The molecule has 0 radical (unpaired) electrons. The van der Waals surface area contributed by atoms with Crippen molar-refractivity contribution in [2.24, 2.45) is 0 Å². The van der Waals surface area contributed by atoms with E-state index in [1.54, 1.807) is 13.8 Å². The quantitative estimate of drug-likeness (QED) is 0.697. The highest BCUT2D eigenvalue weighted by Gasteiger charge is 2.27. The number of nitrogens with two attached hydrogens (primary N) is 1. The second kappa shape index (κ2) is 3.52. The summed E-state index contributed by atoms with van der Waals surface area (Å²) in [4.78, 5) is 0. The molecule has 0 atom stereocenters. The Morgan fingerprint density at radius 2 is 1.57 bits per heavy atom. The molecule has 0 saturated carbocycles. The average Bonchev–Trinajstić information content (AvgIpc) is 1.96. The average molecular weight is 203 g/mol. The first-order valence-corrected chi connectivity index (χ1v) is 4.22. The molecule has 78 valence electrons. The third-order valence-corrected chi connectivity index (χ3v) is 2.06. The molecule has 1 rings (SSSR count). The van der Waals surface area contributed by atoms with Crippen molar-refractivity contribution >= 4 is 5.69 Å². The van der Waals surface area contributed by atoms with Gasteiger partial charge in [-0.1, -0.05) is 12.1 Å². The Bertz CT molecular complexity index is 319. The Morgan fingerprint density at radius 3 is 1.93 bits per heavy atom. The van der Waals surface area contributed by atoms with E-state index in [2.05, 4.69) is 0 Å². The molecule has 0 unspecified atom stereocenters. The van der Waals surface area contributed by atoms with Gasteiger partial charge in [-0.2, -0.15) is 13.2 Å². The zero-order chi connectivity index (χ0) is 10.9. The first kappa shape index (κ1) is 10.9. The number of anilines is 1. The van der Waals surface area contributed by atoms with Gasteiger partial charge < -0.3 is 5.73 Å². The Labute approximate surface area is 80.7 Å². The Hall–Kier alpha value is -1.19. The first-order chi connectivity index (χ1) is 6.29. The van der Waals surface area contributed by atoms with Crippen molar-refractivity contribution in [3.05, 3.63) is 28.8 Å². The second-order valence-electron chi connectivity index (χ2n) is 3.44. The molecule has 0 aliphatic heterocycles. The van der Waals surface area contributed by atoms with Gasteiger partial charge in [0.2, 0.25) is 0 Å². The Balaban J connectivity index is 3.02. The van der Waals surface area contributed by atoms with Crippen molar-refractivity contribution in [3.63, 3.8) is 0 Å². The van der Waals surface area contributed by atoms with Crippen LogP contribution in [0.1, 0.15) is 16.7 Å². The van der Waals surface area contributed by atoms with Crippen LogP contribution in [-0.4, -0.2) is 6.18 Å². The summed E-state index contributed by atoms with van der Waals surface area (Å²) in [5.74, 6) is 0. The molecule has 0 bridgehead atoms. The summed E-state index contributed by atoms with van der Waals surface area (Å²) < 4.78 is 36.2. The van der Waals surface area contributed by atoms with Crippen LogP contribution in [0.2, 0.25) is 0 Å².